The van der Waals surface area contributed by atoms with Crippen LogP contribution in [0, 0.1) is 5.92 Å². The average molecular weight is 430 g/mol. The molecule has 30 heavy (non-hydrogen) atoms. The van der Waals surface area contributed by atoms with Gasteiger partial charge in [-0.25, -0.2) is 0 Å². The minimum absolute atomic E-state index is 0.0863. The van der Waals surface area contributed by atoms with Crippen molar-refractivity contribution in [1.82, 2.24) is 16.0 Å². The molecule has 0 bridgehead atoms. The first-order valence-corrected chi connectivity index (χ1v) is 9.80. The first-order chi connectivity index (χ1) is 13.8. The third kappa shape index (κ3) is 11.2. The number of amides is 3. The van der Waals surface area contributed by atoms with Gasteiger partial charge >= 0.3 is 5.97 Å². The second-order valence-corrected chi connectivity index (χ2v) is 7.54. The van der Waals surface area contributed by atoms with Gasteiger partial charge in [0, 0.05) is 6.54 Å². The monoisotopic (exact) mass is 429 g/mol. The highest BCUT2D eigenvalue weighted by Crippen LogP contribution is 2.05. The van der Waals surface area contributed by atoms with Gasteiger partial charge < -0.3 is 38.3 Å². The molecule has 4 unspecified atom stereocenters. The highest BCUT2D eigenvalue weighted by molar-refractivity contribution is 5.93. The van der Waals surface area contributed by atoms with E-state index in [2.05, 4.69) is 20.9 Å². The van der Waals surface area contributed by atoms with Crippen LogP contribution in [-0.4, -0.2) is 65.5 Å². The standard InChI is InChI=1S/C18H35N7O5/c1-9(2)8-12(19)15(27)25-13(6-5-7-22-18(20)21)16(28)23-10(3)14(26)24-11(4)17(29)30/h9-13H,5-8,19H2,1-4H3,(H,23,28)(H,24,26)(H,25,27)(H,29,30)(H4,20,21,22). The zero-order chi connectivity index (χ0) is 23.4. The van der Waals surface area contributed by atoms with Gasteiger partial charge in [-0.1, -0.05) is 13.8 Å². The van der Waals surface area contributed by atoms with Crippen LogP contribution in [0.25, 0.3) is 0 Å². The number of hydrogen-bond donors (Lipinski definition) is 7. The number of nitrogens with one attached hydrogen (secondary N) is 3. The molecule has 0 saturated heterocycles. The van der Waals surface area contributed by atoms with Gasteiger partial charge in [-0.3, -0.25) is 24.2 Å². The molecule has 172 valence electrons. The fourth-order valence-electron chi connectivity index (χ4n) is 2.45. The molecule has 12 nitrogen and oxygen atoms in total. The van der Waals surface area contributed by atoms with Crippen molar-refractivity contribution < 1.29 is 24.3 Å². The molecule has 0 aliphatic heterocycles. The van der Waals surface area contributed by atoms with Crippen LogP contribution in [0.4, 0.5) is 0 Å². The van der Waals surface area contributed by atoms with Crippen molar-refractivity contribution in [2.24, 2.45) is 28.1 Å². The summed E-state index contributed by atoms with van der Waals surface area (Å²) in [4.78, 5) is 51.7. The smallest absolute Gasteiger partial charge is 0.325 e. The minimum Gasteiger partial charge on any atom is -0.480 e. The zero-order valence-electron chi connectivity index (χ0n) is 18.0. The zero-order valence-corrected chi connectivity index (χ0v) is 18.0. The third-order valence-electron chi connectivity index (χ3n) is 4.12. The van der Waals surface area contributed by atoms with E-state index in [-0.39, 0.29) is 24.8 Å². The summed E-state index contributed by atoms with van der Waals surface area (Å²) in [6.07, 6.45) is 1.05. The molecule has 0 aliphatic rings. The highest BCUT2D eigenvalue weighted by Gasteiger charge is 2.27. The van der Waals surface area contributed by atoms with Crippen molar-refractivity contribution in [1.29, 1.82) is 0 Å². The summed E-state index contributed by atoms with van der Waals surface area (Å²) in [5.41, 5.74) is 16.4. The van der Waals surface area contributed by atoms with E-state index in [1.807, 2.05) is 13.8 Å². The Balaban J connectivity index is 5.06. The van der Waals surface area contributed by atoms with Gasteiger partial charge in [0.2, 0.25) is 17.7 Å². The Morgan fingerprint density at radius 1 is 0.900 bits per heavy atom. The number of nitrogens with zero attached hydrogens (tertiary/aromatic N) is 1. The number of carboxylic acid groups (broad SMARTS) is 1. The molecule has 0 saturated carbocycles. The Bertz CT molecular complexity index is 634. The van der Waals surface area contributed by atoms with Crippen molar-refractivity contribution >= 4 is 29.7 Å². The lowest BCUT2D eigenvalue weighted by atomic mass is 10.0. The van der Waals surface area contributed by atoms with Crippen LogP contribution in [0.15, 0.2) is 4.99 Å². The lowest BCUT2D eigenvalue weighted by molar-refractivity contribution is -0.141. The van der Waals surface area contributed by atoms with Gasteiger partial charge in [0.1, 0.15) is 18.1 Å². The van der Waals surface area contributed by atoms with Gasteiger partial charge in [0.05, 0.1) is 6.04 Å². The number of carboxylic acids is 1. The number of nitrogens with two attached hydrogens (primary N) is 3. The van der Waals surface area contributed by atoms with Crippen molar-refractivity contribution in [3.05, 3.63) is 0 Å². The Morgan fingerprint density at radius 2 is 1.47 bits per heavy atom. The summed E-state index contributed by atoms with van der Waals surface area (Å²) in [5, 5.41) is 16.2. The Kier molecular flexibility index (Phi) is 12.1. The summed E-state index contributed by atoms with van der Waals surface area (Å²) < 4.78 is 0. The highest BCUT2D eigenvalue weighted by atomic mass is 16.4. The Hall–Kier alpha value is -2.89. The molecule has 0 fully saturated rings. The molecule has 10 N–H and O–H groups in total. The van der Waals surface area contributed by atoms with Crippen LogP contribution in [0.3, 0.4) is 0 Å². The molecular weight excluding hydrogens is 394 g/mol. The molecule has 0 spiro atoms. The SMILES string of the molecule is CC(C)CC(N)C(=O)NC(CCCN=C(N)N)C(=O)NC(C)C(=O)NC(C)C(=O)O. The van der Waals surface area contributed by atoms with E-state index in [4.69, 9.17) is 22.3 Å². The predicted octanol–water partition coefficient (Wildman–Crippen LogP) is -2.01. The molecule has 0 aromatic heterocycles. The summed E-state index contributed by atoms with van der Waals surface area (Å²) in [5.74, 6) is -2.85. The molecule has 0 radical (unpaired) electrons. The molecule has 4 atom stereocenters. The van der Waals surface area contributed by atoms with Crippen molar-refractivity contribution in [3.8, 4) is 0 Å². The van der Waals surface area contributed by atoms with E-state index >= 15 is 0 Å². The molecule has 0 aliphatic carbocycles. The van der Waals surface area contributed by atoms with Crippen LogP contribution in [0.5, 0.6) is 0 Å². The second-order valence-electron chi connectivity index (χ2n) is 7.54. The summed E-state index contributed by atoms with van der Waals surface area (Å²) in [7, 11) is 0. The second kappa shape index (κ2) is 13.4. The molecular formula is C18H35N7O5. The van der Waals surface area contributed by atoms with Crippen molar-refractivity contribution in [2.75, 3.05) is 6.54 Å². The van der Waals surface area contributed by atoms with E-state index < -0.39 is 47.9 Å². The number of guanidine groups is 1. The Labute approximate surface area is 176 Å². The number of carbonyl (C=O) groups is 4. The fraction of sp³-hybridized carbons (Fsp3) is 0.722. The molecule has 0 heterocycles. The normalized spacial score (nSPS) is 14.7. The van der Waals surface area contributed by atoms with E-state index in [0.29, 0.717) is 12.8 Å². The molecule has 12 heteroatoms. The molecule has 3 amide bonds. The minimum atomic E-state index is -1.20. The van der Waals surface area contributed by atoms with Crippen LogP contribution in [0.2, 0.25) is 0 Å². The maximum absolute atomic E-state index is 12.6. The van der Waals surface area contributed by atoms with Crippen LogP contribution in [-0.2, 0) is 19.2 Å². The maximum atomic E-state index is 12.6. The first kappa shape index (κ1) is 27.1. The van der Waals surface area contributed by atoms with Gasteiger partial charge in [-0.2, -0.15) is 0 Å². The lowest BCUT2D eigenvalue weighted by Crippen LogP contribution is -2.56. The third-order valence-corrected chi connectivity index (χ3v) is 4.12. The largest absolute Gasteiger partial charge is 0.480 e. The molecule has 0 rings (SSSR count). The van der Waals surface area contributed by atoms with Crippen LogP contribution in [0.1, 0.15) is 47.0 Å². The van der Waals surface area contributed by atoms with Gasteiger partial charge in [-0.15, -0.1) is 0 Å². The van der Waals surface area contributed by atoms with E-state index in [1.54, 1.807) is 0 Å². The number of rotatable bonds is 13. The van der Waals surface area contributed by atoms with E-state index in [0.717, 1.165) is 0 Å². The van der Waals surface area contributed by atoms with Gasteiger partial charge in [0.25, 0.3) is 0 Å². The number of hydrogen-bond acceptors (Lipinski definition) is 6. The van der Waals surface area contributed by atoms with Crippen LogP contribution < -0.4 is 33.2 Å². The Morgan fingerprint density at radius 3 is 1.97 bits per heavy atom. The average Bonchev–Trinajstić information content (AvgIpc) is 2.62. The summed E-state index contributed by atoms with van der Waals surface area (Å²) >= 11 is 0. The quantitative estimate of drug-likeness (QED) is 0.0983. The predicted molar refractivity (Wildman–Crippen MR) is 112 cm³/mol. The number of carbonyl (C=O) groups excluding carboxylic acids is 3. The van der Waals surface area contributed by atoms with Gasteiger partial charge in [-0.05, 0) is 39.0 Å². The van der Waals surface area contributed by atoms with Crippen molar-refractivity contribution in [2.45, 2.75) is 71.1 Å². The summed E-state index contributed by atoms with van der Waals surface area (Å²) in [6.45, 7) is 6.81. The van der Waals surface area contributed by atoms with Gasteiger partial charge in [0.15, 0.2) is 5.96 Å². The lowest BCUT2D eigenvalue weighted by Gasteiger charge is -2.23. The number of aliphatic carboxylic acids is 1. The summed E-state index contributed by atoms with van der Waals surface area (Å²) in [6, 6.07) is -3.87. The van der Waals surface area contributed by atoms with Crippen LogP contribution >= 0.6 is 0 Å². The van der Waals surface area contributed by atoms with E-state index in [1.165, 1.54) is 13.8 Å². The van der Waals surface area contributed by atoms with Crippen molar-refractivity contribution in [3.63, 3.8) is 0 Å². The molecule has 0 aromatic carbocycles. The van der Waals surface area contributed by atoms with E-state index in [9.17, 15) is 19.2 Å². The molecule has 0 aromatic rings. The number of aliphatic imine (C=N–C) groups is 1. The fourth-order valence-corrected chi connectivity index (χ4v) is 2.45. The topological polar surface area (TPSA) is 215 Å². The first-order valence-electron chi connectivity index (χ1n) is 9.80. The maximum Gasteiger partial charge on any atom is 0.325 e.